The topological polar surface area (TPSA) is 96.4 Å². The first-order valence-corrected chi connectivity index (χ1v) is 7.46. The Bertz CT molecular complexity index is 683. The van der Waals surface area contributed by atoms with Crippen LogP contribution < -0.4 is 5.32 Å². The highest BCUT2D eigenvalue weighted by Crippen LogP contribution is 2.08. The van der Waals surface area contributed by atoms with Gasteiger partial charge in [0.15, 0.2) is 0 Å². The van der Waals surface area contributed by atoms with Crippen LogP contribution in [0.4, 0.5) is 0 Å². The van der Waals surface area contributed by atoms with E-state index in [0.717, 1.165) is 5.56 Å². The number of pyridine rings is 1. The Morgan fingerprint density at radius 1 is 1.14 bits per heavy atom. The molecule has 2 rings (SSSR count). The Kier molecular flexibility index (Phi) is 6.01. The fourth-order valence-electron chi connectivity index (χ4n) is 1.34. The molecule has 1 amide bonds. The second-order valence-corrected chi connectivity index (χ2v) is 5.50. The maximum Gasteiger partial charge on any atom is 0.294 e. The van der Waals surface area contributed by atoms with Crippen molar-refractivity contribution in [3.8, 4) is 0 Å². The lowest BCUT2D eigenvalue weighted by Gasteiger charge is -1.95. The Balaban J connectivity index is 0.000000211. The van der Waals surface area contributed by atoms with Crippen LogP contribution >= 0.6 is 0 Å². The van der Waals surface area contributed by atoms with Gasteiger partial charge in [-0.05, 0) is 31.2 Å². The molecule has 7 heteroatoms. The molecule has 1 aromatic carbocycles. The van der Waals surface area contributed by atoms with Crippen LogP contribution in [0.2, 0.25) is 0 Å². The lowest BCUT2D eigenvalue weighted by atomic mass is 10.2. The molecule has 112 valence electrons. The van der Waals surface area contributed by atoms with Gasteiger partial charge in [0, 0.05) is 13.2 Å². The summed E-state index contributed by atoms with van der Waals surface area (Å²) in [5.74, 6) is -0.152. The maximum atomic E-state index is 10.8. The average Bonchev–Trinajstić information content (AvgIpc) is 2.47. The van der Waals surface area contributed by atoms with Crippen LogP contribution in [0.1, 0.15) is 16.1 Å². The summed E-state index contributed by atoms with van der Waals surface area (Å²) in [6.07, 6.45) is 1.59. The molecular formula is C14H16N2O4S. The van der Waals surface area contributed by atoms with Crippen LogP contribution in [0.25, 0.3) is 0 Å². The number of benzene rings is 1. The molecule has 6 nitrogen and oxygen atoms in total. The van der Waals surface area contributed by atoms with E-state index in [2.05, 4.69) is 10.3 Å². The molecule has 1 heterocycles. The van der Waals surface area contributed by atoms with Crippen molar-refractivity contribution in [3.63, 3.8) is 0 Å². The summed E-state index contributed by atoms with van der Waals surface area (Å²) in [6, 6.07) is 11.2. The van der Waals surface area contributed by atoms with Gasteiger partial charge in [-0.15, -0.1) is 0 Å². The van der Waals surface area contributed by atoms with E-state index in [0.29, 0.717) is 5.69 Å². The van der Waals surface area contributed by atoms with E-state index >= 15 is 0 Å². The van der Waals surface area contributed by atoms with Crippen LogP contribution in [0.5, 0.6) is 0 Å². The van der Waals surface area contributed by atoms with Crippen LogP contribution in [0.3, 0.4) is 0 Å². The molecule has 0 atom stereocenters. The summed E-state index contributed by atoms with van der Waals surface area (Å²) in [5, 5.41) is 2.48. The molecule has 2 N–H and O–H groups in total. The molecule has 0 unspecified atom stereocenters. The van der Waals surface area contributed by atoms with E-state index in [9.17, 15) is 13.2 Å². The van der Waals surface area contributed by atoms with E-state index in [1.807, 2.05) is 6.92 Å². The summed E-state index contributed by atoms with van der Waals surface area (Å²) >= 11 is 0. The van der Waals surface area contributed by atoms with Crippen molar-refractivity contribution in [2.24, 2.45) is 0 Å². The molecule has 0 fully saturated rings. The SMILES string of the molecule is CNC(=O)c1ccccn1.Cc1ccc(S(=O)(=O)O)cc1. The minimum Gasteiger partial charge on any atom is -0.354 e. The highest BCUT2D eigenvalue weighted by atomic mass is 32.2. The third-order valence-electron chi connectivity index (χ3n) is 2.44. The molecule has 0 aliphatic heterocycles. The third kappa shape index (κ3) is 5.72. The number of hydrogen-bond acceptors (Lipinski definition) is 4. The number of rotatable bonds is 2. The van der Waals surface area contributed by atoms with Crippen LogP contribution in [-0.4, -0.2) is 30.9 Å². The number of nitrogens with zero attached hydrogens (tertiary/aromatic N) is 1. The minimum atomic E-state index is -4.02. The number of amides is 1. The second kappa shape index (κ2) is 7.51. The maximum absolute atomic E-state index is 10.8. The van der Waals surface area contributed by atoms with E-state index in [4.69, 9.17) is 4.55 Å². The largest absolute Gasteiger partial charge is 0.354 e. The van der Waals surface area contributed by atoms with E-state index in [1.165, 1.54) is 12.1 Å². The number of carbonyl (C=O) groups excluding carboxylic acids is 1. The van der Waals surface area contributed by atoms with Crippen molar-refractivity contribution in [3.05, 3.63) is 59.9 Å². The Labute approximate surface area is 123 Å². The van der Waals surface area contributed by atoms with Gasteiger partial charge >= 0.3 is 0 Å². The predicted molar refractivity (Wildman–Crippen MR) is 78.6 cm³/mol. The number of hydrogen-bond donors (Lipinski definition) is 2. The lowest BCUT2D eigenvalue weighted by Crippen LogP contribution is -2.18. The molecule has 0 spiro atoms. The van der Waals surface area contributed by atoms with E-state index in [1.54, 1.807) is 43.6 Å². The van der Waals surface area contributed by atoms with Gasteiger partial charge in [0.2, 0.25) is 0 Å². The molecule has 0 aliphatic rings. The first-order valence-electron chi connectivity index (χ1n) is 6.02. The normalized spacial score (nSPS) is 10.2. The van der Waals surface area contributed by atoms with Crippen LogP contribution in [-0.2, 0) is 10.1 Å². The Morgan fingerprint density at radius 2 is 1.76 bits per heavy atom. The molecule has 21 heavy (non-hydrogen) atoms. The second-order valence-electron chi connectivity index (χ2n) is 4.08. The quantitative estimate of drug-likeness (QED) is 0.823. The zero-order chi connectivity index (χ0) is 15.9. The highest BCUT2D eigenvalue weighted by Gasteiger charge is 2.06. The molecule has 0 saturated heterocycles. The van der Waals surface area contributed by atoms with Crippen LogP contribution in [0, 0.1) is 6.92 Å². The lowest BCUT2D eigenvalue weighted by molar-refractivity contribution is 0.0958. The van der Waals surface area contributed by atoms with Crippen LogP contribution in [0.15, 0.2) is 53.6 Å². The summed E-state index contributed by atoms with van der Waals surface area (Å²) in [6.45, 7) is 1.84. The molecule has 0 aliphatic carbocycles. The van der Waals surface area contributed by atoms with Gasteiger partial charge in [-0.1, -0.05) is 23.8 Å². The molecule has 1 aromatic heterocycles. The van der Waals surface area contributed by atoms with Gasteiger partial charge in [0.1, 0.15) is 5.69 Å². The van der Waals surface area contributed by atoms with Gasteiger partial charge in [0.25, 0.3) is 16.0 Å². The number of nitrogens with one attached hydrogen (secondary N) is 1. The highest BCUT2D eigenvalue weighted by molar-refractivity contribution is 7.85. The summed E-state index contributed by atoms with van der Waals surface area (Å²) < 4.78 is 29.6. The van der Waals surface area contributed by atoms with Crippen molar-refractivity contribution >= 4 is 16.0 Å². The molecule has 2 aromatic rings. The van der Waals surface area contributed by atoms with Crippen molar-refractivity contribution in [1.82, 2.24) is 10.3 Å². The van der Waals surface area contributed by atoms with Crippen molar-refractivity contribution < 1.29 is 17.8 Å². The van der Waals surface area contributed by atoms with Crippen molar-refractivity contribution in [2.75, 3.05) is 7.05 Å². The van der Waals surface area contributed by atoms with Gasteiger partial charge in [-0.3, -0.25) is 14.3 Å². The summed E-state index contributed by atoms with van der Waals surface area (Å²) in [4.78, 5) is 14.6. The predicted octanol–water partition coefficient (Wildman–Crippen LogP) is 1.68. The Morgan fingerprint density at radius 3 is 2.19 bits per heavy atom. The van der Waals surface area contributed by atoms with E-state index < -0.39 is 10.1 Å². The first-order chi connectivity index (χ1) is 9.84. The van der Waals surface area contributed by atoms with E-state index in [-0.39, 0.29) is 10.8 Å². The molecular weight excluding hydrogens is 292 g/mol. The number of carbonyl (C=O) groups is 1. The number of aryl methyl sites for hydroxylation is 1. The van der Waals surface area contributed by atoms with Gasteiger partial charge in [-0.2, -0.15) is 8.42 Å². The zero-order valence-corrected chi connectivity index (χ0v) is 12.5. The smallest absolute Gasteiger partial charge is 0.294 e. The first kappa shape index (κ1) is 16.8. The van der Waals surface area contributed by atoms with Gasteiger partial charge in [-0.25, -0.2) is 0 Å². The van der Waals surface area contributed by atoms with Crippen molar-refractivity contribution in [1.29, 1.82) is 0 Å². The Hall–Kier alpha value is -2.25. The molecule has 0 radical (unpaired) electrons. The molecule has 0 bridgehead atoms. The third-order valence-corrected chi connectivity index (χ3v) is 3.31. The average molecular weight is 308 g/mol. The van der Waals surface area contributed by atoms with Crippen molar-refractivity contribution in [2.45, 2.75) is 11.8 Å². The minimum absolute atomic E-state index is 0.0666. The summed E-state index contributed by atoms with van der Waals surface area (Å²) in [7, 11) is -2.44. The van der Waals surface area contributed by atoms with Gasteiger partial charge in [0.05, 0.1) is 4.90 Å². The fraction of sp³-hybridized carbons (Fsp3) is 0.143. The monoisotopic (exact) mass is 308 g/mol. The fourth-order valence-corrected chi connectivity index (χ4v) is 1.82. The number of aromatic nitrogens is 1. The standard InChI is InChI=1S/C7H8N2O.C7H8O3S/c1-8-7(10)6-4-2-3-5-9-6;1-6-2-4-7(5-3-6)11(8,9)10/h2-5H,1H3,(H,8,10);2-5H,1H3,(H,8,9,10). The summed E-state index contributed by atoms with van der Waals surface area (Å²) in [5.41, 5.74) is 1.41. The molecule has 0 saturated carbocycles. The zero-order valence-electron chi connectivity index (χ0n) is 11.6. The van der Waals surface area contributed by atoms with Gasteiger partial charge < -0.3 is 5.32 Å².